The van der Waals surface area contributed by atoms with Crippen molar-refractivity contribution in [2.45, 2.75) is 37.2 Å². The average molecular weight is 422 g/mol. The number of thioether (sulfide) groups is 1. The van der Waals surface area contributed by atoms with Crippen LogP contribution in [-0.2, 0) is 6.54 Å². The number of pyridine rings is 1. The Balaban J connectivity index is 1.42. The highest BCUT2D eigenvalue weighted by Gasteiger charge is 2.16. The molecule has 0 radical (unpaired) electrons. The van der Waals surface area contributed by atoms with Gasteiger partial charge in [-0.3, -0.25) is 14.5 Å². The first-order valence-electron chi connectivity index (χ1n) is 10.3. The van der Waals surface area contributed by atoms with Crippen LogP contribution in [0.25, 0.3) is 11.1 Å². The van der Waals surface area contributed by atoms with Gasteiger partial charge in [-0.25, -0.2) is 0 Å². The van der Waals surface area contributed by atoms with E-state index in [0.717, 1.165) is 47.6 Å². The predicted molar refractivity (Wildman–Crippen MR) is 121 cm³/mol. The summed E-state index contributed by atoms with van der Waals surface area (Å²) in [5.74, 6) is -0.0868. The Bertz CT molecular complexity index is 1030. The lowest BCUT2D eigenvalue weighted by atomic mass is 10.1. The second-order valence-corrected chi connectivity index (χ2v) is 8.44. The largest absolute Gasteiger partial charge is 0.346 e. The number of hydrogen-bond acceptors (Lipinski definition) is 5. The van der Waals surface area contributed by atoms with E-state index in [1.807, 2.05) is 42.8 Å². The van der Waals surface area contributed by atoms with E-state index in [0.29, 0.717) is 18.2 Å². The van der Waals surface area contributed by atoms with Crippen LogP contribution < -0.4 is 10.6 Å². The summed E-state index contributed by atoms with van der Waals surface area (Å²) in [6.07, 6.45) is 10.0. The van der Waals surface area contributed by atoms with Gasteiger partial charge < -0.3 is 10.6 Å². The molecule has 1 amide bonds. The number of nitrogens with one attached hydrogen (secondary N) is 2. The van der Waals surface area contributed by atoms with Gasteiger partial charge in [0.2, 0.25) is 0 Å². The summed E-state index contributed by atoms with van der Waals surface area (Å²) in [7, 11) is 0. The first kappa shape index (κ1) is 20.6. The van der Waals surface area contributed by atoms with E-state index >= 15 is 0 Å². The van der Waals surface area contributed by atoms with Gasteiger partial charge in [0.1, 0.15) is 0 Å². The molecule has 2 N–H and O–H groups in total. The van der Waals surface area contributed by atoms with Crippen molar-refractivity contribution >= 4 is 17.7 Å². The Morgan fingerprint density at radius 2 is 2.07 bits per heavy atom. The molecule has 0 aliphatic carbocycles. The Labute approximate surface area is 181 Å². The molecule has 6 nitrogen and oxygen atoms in total. The van der Waals surface area contributed by atoms with Crippen molar-refractivity contribution in [3.05, 3.63) is 65.7 Å². The molecule has 0 atom stereocenters. The summed E-state index contributed by atoms with van der Waals surface area (Å²) in [4.78, 5) is 18.1. The van der Waals surface area contributed by atoms with E-state index in [4.69, 9.17) is 0 Å². The maximum absolute atomic E-state index is 12.6. The van der Waals surface area contributed by atoms with Crippen LogP contribution in [0.15, 0.2) is 53.8 Å². The van der Waals surface area contributed by atoms with E-state index in [9.17, 15) is 4.79 Å². The van der Waals surface area contributed by atoms with Gasteiger partial charge in [-0.2, -0.15) is 5.10 Å². The molecule has 1 aromatic carbocycles. The van der Waals surface area contributed by atoms with Crippen LogP contribution in [-0.4, -0.2) is 40.0 Å². The molecule has 1 aliphatic rings. The number of benzene rings is 1. The van der Waals surface area contributed by atoms with Crippen LogP contribution in [0.4, 0.5) is 0 Å². The van der Waals surface area contributed by atoms with Gasteiger partial charge in [0, 0.05) is 28.4 Å². The lowest BCUT2D eigenvalue weighted by Gasteiger charge is -2.22. The highest BCUT2D eigenvalue weighted by molar-refractivity contribution is 7.98. The Morgan fingerprint density at radius 1 is 1.23 bits per heavy atom. The number of carbonyl (C=O) groups excluding carboxylic acids is 1. The third kappa shape index (κ3) is 4.74. The zero-order chi connectivity index (χ0) is 20.9. The standard InChI is InChI=1S/C23H27N5OS/c1-16-3-4-18(12-22(16)30-2)23(29)26-14-20-11-17(5-10-25-20)19-13-27-28(15-19)21-6-8-24-9-7-21/h3-5,10-13,15,21,24H,6-9,14H2,1-2H3,(H,26,29). The number of piperidine rings is 1. The molecule has 156 valence electrons. The first-order valence-corrected chi connectivity index (χ1v) is 11.5. The fourth-order valence-electron chi connectivity index (χ4n) is 3.75. The molecule has 0 unspecified atom stereocenters. The molecule has 1 aliphatic heterocycles. The van der Waals surface area contributed by atoms with Gasteiger partial charge in [-0.05, 0) is 74.5 Å². The van der Waals surface area contributed by atoms with Gasteiger partial charge in [-0.1, -0.05) is 6.07 Å². The summed E-state index contributed by atoms with van der Waals surface area (Å²) in [6, 6.07) is 10.3. The molecule has 1 saturated heterocycles. The van der Waals surface area contributed by atoms with Crippen molar-refractivity contribution in [1.29, 1.82) is 0 Å². The van der Waals surface area contributed by atoms with Crippen LogP contribution in [0.1, 0.15) is 40.5 Å². The van der Waals surface area contributed by atoms with E-state index < -0.39 is 0 Å². The van der Waals surface area contributed by atoms with E-state index in [-0.39, 0.29) is 5.91 Å². The second kappa shape index (κ2) is 9.45. The van der Waals surface area contributed by atoms with Crippen molar-refractivity contribution in [3.63, 3.8) is 0 Å². The van der Waals surface area contributed by atoms with E-state index in [2.05, 4.69) is 38.5 Å². The minimum atomic E-state index is -0.0868. The molecule has 7 heteroatoms. The highest BCUT2D eigenvalue weighted by atomic mass is 32.2. The first-order chi connectivity index (χ1) is 14.6. The van der Waals surface area contributed by atoms with Crippen LogP contribution in [0.5, 0.6) is 0 Å². The molecular weight excluding hydrogens is 394 g/mol. The van der Waals surface area contributed by atoms with Gasteiger partial charge in [0.05, 0.1) is 24.5 Å². The molecule has 2 aromatic heterocycles. The molecule has 4 rings (SSSR count). The smallest absolute Gasteiger partial charge is 0.251 e. The maximum atomic E-state index is 12.6. The summed E-state index contributed by atoms with van der Waals surface area (Å²) in [5.41, 5.74) is 4.82. The summed E-state index contributed by atoms with van der Waals surface area (Å²) in [6.45, 7) is 4.52. The van der Waals surface area contributed by atoms with Gasteiger partial charge >= 0.3 is 0 Å². The second-order valence-electron chi connectivity index (χ2n) is 7.59. The van der Waals surface area contributed by atoms with Crippen LogP contribution in [0.3, 0.4) is 0 Å². The lowest BCUT2D eigenvalue weighted by Crippen LogP contribution is -2.29. The third-order valence-corrected chi connectivity index (χ3v) is 6.41. The number of nitrogens with zero attached hydrogens (tertiary/aromatic N) is 3. The average Bonchev–Trinajstić information content (AvgIpc) is 3.29. The van der Waals surface area contributed by atoms with E-state index in [1.165, 1.54) is 5.56 Å². The zero-order valence-corrected chi connectivity index (χ0v) is 18.2. The number of rotatable bonds is 6. The lowest BCUT2D eigenvalue weighted by molar-refractivity contribution is 0.0950. The van der Waals surface area contributed by atoms with Crippen LogP contribution in [0, 0.1) is 6.92 Å². The van der Waals surface area contributed by atoms with Crippen molar-refractivity contribution in [1.82, 2.24) is 25.4 Å². The fourth-order valence-corrected chi connectivity index (χ4v) is 4.38. The topological polar surface area (TPSA) is 71.8 Å². The molecular formula is C23H27N5OS. The fraction of sp³-hybridized carbons (Fsp3) is 0.348. The number of aryl methyl sites for hydroxylation is 1. The summed E-state index contributed by atoms with van der Waals surface area (Å²) >= 11 is 1.65. The minimum Gasteiger partial charge on any atom is -0.346 e. The summed E-state index contributed by atoms with van der Waals surface area (Å²) in [5, 5.41) is 11.0. The van der Waals surface area contributed by atoms with Crippen LogP contribution in [0.2, 0.25) is 0 Å². The Morgan fingerprint density at radius 3 is 2.87 bits per heavy atom. The van der Waals surface area contributed by atoms with Crippen molar-refractivity contribution in [2.75, 3.05) is 19.3 Å². The monoisotopic (exact) mass is 421 g/mol. The minimum absolute atomic E-state index is 0.0868. The molecule has 3 aromatic rings. The maximum Gasteiger partial charge on any atom is 0.251 e. The number of amides is 1. The van der Waals surface area contributed by atoms with Crippen LogP contribution >= 0.6 is 11.8 Å². The molecule has 0 bridgehead atoms. The number of aromatic nitrogens is 3. The van der Waals surface area contributed by atoms with Gasteiger partial charge in [0.25, 0.3) is 5.91 Å². The van der Waals surface area contributed by atoms with Gasteiger partial charge in [0.15, 0.2) is 0 Å². The highest BCUT2D eigenvalue weighted by Crippen LogP contribution is 2.24. The SMILES string of the molecule is CSc1cc(C(=O)NCc2cc(-c3cnn(C4CCNCC4)c3)ccn2)ccc1C. The molecule has 30 heavy (non-hydrogen) atoms. The van der Waals surface area contributed by atoms with Crippen molar-refractivity contribution in [3.8, 4) is 11.1 Å². The van der Waals surface area contributed by atoms with Crippen molar-refractivity contribution < 1.29 is 4.79 Å². The molecule has 3 heterocycles. The van der Waals surface area contributed by atoms with Crippen molar-refractivity contribution in [2.24, 2.45) is 0 Å². The van der Waals surface area contributed by atoms with E-state index in [1.54, 1.807) is 18.0 Å². The zero-order valence-electron chi connectivity index (χ0n) is 17.4. The Hall–Kier alpha value is -2.64. The Kier molecular flexibility index (Phi) is 6.50. The third-order valence-electron chi connectivity index (χ3n) is 5.53. The quantitative estimate of drug-likeness (QED) is 0.592. The molecule has 0 spiro atoms. The normalized spacial score (nSPS) is 14.6. The number of hydrogen-bond donors (Lipinski definition) is 2. The number of carbonyl (C=O) groups is 1. The predicted octanol–water partition coefficient (Wildman–Crippen LogP) is 3.83. The van der Waals surface area contributed by atoms with Gasteiger partial charge in [-0.15, -0.1) is 11.8 Å². The molecule has 0 saturated carbocycles. The summed E-state index contributed by atoms with van der Waals surface area (Å²) < 4.78 is 2.08. The molecule has 1 fully saturated rings.